The van der Waals surface area contributed by atoms with E-state index in [-0.39, 0.29) is 12.2 Å². The Kier molecular flexibility index (Phi) is 24.4. The van der Waals surface area contributed by atoms with Gasteiger partial charge in [-0.3, -0.25) is 0 Å². The number of benzene rings is 3. The molecular formula is C47H72O6. The highest BCUT2D eigenvalue weighted by Crippen LogP contribution is 2.40. The molecule has 0 saturated carbocycles. The van der Waals surface area contributed by atoms with Gasteiger partial charge in [-0.05, 0) is 43.4 Å². The van der Waals surface area contributed by atoms with Crippen molar-refractivity contribution >= 4 is 0 Å². The van der Waals surface area contributed by atoms with E-state index in [1.807, 2.05) is 18.2 Å². The fourth-order valence-electron chi connectivity index (χ4n) is 6.96. The van der Waals surface area contributed by atoms with Crippen LogP contribution in [-0.4, -0.2) is 69.7 Å². The second-order valence-corrected chi connectivity index (χ2v) is 14.5. The summed E-state index contributed by atoms with van der Waals surface area (Å²) in [4.78, 5) is 0. The van der Waals surface area contributed by atoms with E-state index >= 15 is 0 Å². The summed E-state index contributed by atoms with van der Waals surface area (Å²) in [7, 11) is 0. The first-order valence-corrected chi connectivity index (χ1v) is 20.9. The van der Waals surface area contributed by atoms with Crippen molar-refractivity contribution in [1.29, 1.82) is 0 Å². The fourth-order valence-corrected chi connectivity index (χ4v) is 6.96. The van der Waals surface area contributed by atoms with Gasteiger partial charge in [0, 0.05) is 13.2 Å². The van der Waals surface area contributed by atoms with Crippen molar-refractivity contribution in [2.75, 3.05) is 46.2 Å². The van der Waals surface area contributed by atoms with Crippen LogP contribution in [0.4, 0.5) is 0 Å². The van der Waals surface area contributed by atoms with E-state index in [2.05, 4.69) is 86.6 Å². The minimum absolute atomic E-state index is 0.0274. The number of aliphatic hydroxyl groups is 1. The predicted octanol–water partition coefficient (Wildman–Crippen LogP) is 11.1. The van der Waals surface area contributed by atoms with Crippen LogP contribution < -0.4 is 0 Å². The lowest BCUT2D eigenvalue weighted by molar-refractivity contribution is -0.0883. The first kappa shape index (κ1) is 44.8. The van der Waals surface area contributed by atoms with E-state index in [0.29, 0.717) is 46.2 Å². The topological polar surface area (TPSA) is 66.4 Å². The van der Waals surface area contributed by atoms with E-state index in [1.165, 1.54) is 77.0 Å². The summed E-state index contributed by atoms with van der Waals surface area (Å²) in [6, 6.07) is 31.2. The largest absolute Gasteiger partial charge is 0.391 e. The third kappa shape index (κ3) is 18.1. The predicted molar refractivity (Wildman–Crippen MR) is 219 cm³/mol. The van der Waals surface area contributed by atoms with Crippen LogP contribution in [0.25, 0.3) is 0 Å². The van der Waals surface area contributed by atoms with Gasteiger partial charge in [-0.2, -0.15) is 0 Å². The first-order valence-electron chi connectivity index (χ1n) is 20.9. The zero-order valence-corrected chi connectivity index (χ0v) is 33.4. The number of aliphatic hydroxyl groups excluding tert-OH is 1. The number of hydrogen-bond acceptors (Lipinski definition) is 6. The fraction of sp³-hybridized carbons (Fsp3) is 0.617. The molecule has 6 nitrogen and oxygen atoms in total. The van der Waals surface area contributed by atoms with Crippen LogP contribution >= 0.6 is 0 Å². The molecule has 0 fully saturated rings. The van der Waals surface area contributed by atoms with E-state index in [0.717, 1.165) is 36.0 Å². The van der Waals surface area contributed by atoms with E-state index in [9.17, 15) is 5.11 Å². The normalized spacial score (nSPS) is 13.6. The molecule has 0 aliphatic carbocycles. The van der Waals surface area contributed by atoms with Gasteiger partial charge in [-0.25, -0.2) is 0 Å². The third-order valence-corrected chi connectivity index (χ3v) is 9.94. The Labute approximate surface area is 322 Å². The van der Waals surface area contributed by atoms with Crippen LogP contribution in [0.3, 0.4) is 0 Å². The van der Waals surface area contributed by atoms with Crippen molar-refractivity contribution in [1.82, 2.24) is 0 Å². The molecule has 6 heteroatoms. The highest BCUT2D eigenvalue weighted by Gasteiger charge is 2.37. The average molecular weight is 733 g/mol. The van der Waals surface area contributed by atoms with Crippen LogP contribution in [0.2, 0.25) is 0 Å². The first-order chi connectivity index (χ1) is 26.1. The molecule has 0 spiro atoms. The number of hydrogen-bond donors (Lipinski definition) is 1. The van der Waals surface area contributed by atoms with Gasteiger partial charge in [0.2, 0.25) is 0 Å². The number of ether oxygens (including phenoxy) is 5. The van der Waals surface area contributed by atoms with Crippen molar-refractivity contribution in [3.63, 3.8) is 0 Å². The molecule has 296 valence electrons. The Morgan fingerprint density at radius 1 is 0.491 bits per heavy atom. The molecule has 53 heavy (non-hydrogen) atoms. The second-order valence-electron chi connectivity index (χ2n) is 14.5. The summed E-state index contributed by atoms with van der Waals surface area (Å²) in [6.45, 7) is 9.61. The molecule has 1 N–H and O–H groups in total. The molecule has 3 rings (SSSR count). The Morgan fingerprint density at radius 3 is 1.40 bits per heavy atom. The van der Waals surface area contributed by atoms with Crippen LogP contribution in [0.15, 0.2) is 91.0 Å². The molecule has 3 atom stereocenters. The highest BCUT2D eigenvalue weighted by molar-refractivity contribution is 5.47. The van der Waals surface area contributed by atoms with Gasteiger partial charge in [0.15, 0.2) is 0 Å². The molecule has 0 radical (unpaired) electrons. The lowest BCUT2D eigenvalue weighted by Gasteiger charge is -2.36. The number of rotatable bonds is 33. The zero-order valence-electron chi connectivity index (χ0n) is 33.4. The van der Waals surface area contributed by atoms with Gasteiger partial charge >= 0.3 is 0 Å². The molecule has 3 aromatic rings. The van der Waals surface area contributed by atoms with Gasteiger partial charge in [0.1, 0.15) is 5.60 Å². The summed E-state index contributed by atoms with van der Waals surface area (Å²) >= 11 is 0. The van der Waals surface area contributed by atoms with E-state index in [4.69, 9.17) is 23.7 Å². The van der Waals surface area contributed by atoms with Crippen molar-refractivity contribution in [3.05, 3.63) is 108 Å². The summed E-state index contributed by atoms with van der Waals surface area (Å²) in [5.74, 6) is 0. The molecule has 0 aliphatic heterocycles. The SMILES string of the molecule is CCCCCCCCCCCCCCCC(OCCCOCCOCCOC(c1ccccc1)(c1ccccc1)c1ccccc1)C(C)OCC(C)O. The highest BCUT2D eigenvalue weighted by atomic mass is 16.6. The Hall–Kier alpha value is -2.58. The quantitative estimate of drug-likeness (QED) is 0.0497. The summed E-state index contributed by atoms with van der Waals surface area (Å²) in [5, 5.41) is 9.72. The van der Waals surface area contributed by atoms with Crippen LogP contribution in [0.1, 0.15) is 134 Å². The third-order valence-electron chi connectivity index (χ3n) is 9.94. The molecule has 0 amide bonds. The molecule has 3 unspecified atom stereocenters. The Balaban J connectivity index is 1.31. The van der Waals surface area contributed by atoms with Gasteiger partial charge in [0.25, 0.3) is 0 Å². The van der Waals surface area contributed by atoms with Crippen molar-refractivity contribution in [3.8, 4) is 0 Å². The van der Waals surface area contributed by atoms with Crippen molar-refractivity contribution in [2.45, 2.75) is 141 Å². The summed E-state index contributed by atoms with van der Waals surface area (Å²) < 4.78 is 30.9. The van der Waals surface area contributed by atoms with Crippen molar-refractivity contribution < 1.29 is 28.8 Å². The molecule has 0 saturated heterocycles. The summed E-state index contributed by atoms with van der Waals surface area (Å²) in [5.41, 5.74) is 2.50. The smallest absolute Gasteiger partial charge is 0.143 e. The van der Waals surface area contributed by atoms with Crippen LogP contribution in [0.5, 0.6) is 0 Å². The Bertz CT molecular complexity index is 1140. The van der Waals surface area contributed by atoms with Crippen LogP contribution in [0, 0.1) is 0 Å². The summed E-state index contributed by atoms with van der Waals surface area (Å²) in [6.07, 6.45) is 18.8. The van der Waals surface area contributed by atoms with Gasteiger partial charge < -0.3 is 28.8 Å². The maximum absolute atomic E-state index is 9.72. The monoisotopic (exact) mass is 733 g/mol. The van der Waals surface area contributed by atoms with Gasteiger partial charge in [-0.1, -0.05) is 181 Å². The molecule has 0 aromatic heterocycles. The average Bonchev–Trinajstić information content (AvgIpc) is 3.19. The van der Waals surface area contributed by atoms with Crippen LogP contribution in [-0.2, 0) is 29.3 Å². The van der Waals surface area contributed by atoms with E-state index in [1.54, 1.807) is 6.92 Å². The maximum Gasteiger partial charge on any atom is 0.143 e. The second kappa shape index (κ2) is 28.8. The Morgan fingerprint density at radius 2 is 0.925 bits per heavy atom. The number of unbranched alkanes of at least 4 members (excludes halogenated alkanes) is 12. The standard InChI is InChI=1S/C47H72O6/c1-4-5-6-7-8-9-10-11-12-13-14-15-25-33-46(42(3)52-40-41(2)48)51-35-26-34-49-36-37-50-38-39-53-47(43-27-19-16-20-28-43,44-29-21-17-22-30-44)45-31-23-18-24-32-45/h16-24,27-32,41-42,46,48H,4-15,25-26,33-40H2,1-3H3. The molecular weight excluding hydrogens is 661 g/mol. The lowest BCUT2D eigenvalue weighted by atomic mass is 9.80. The van der Waals surface area contributed by atoms with Gasteiger partial charge in [-0.15, -0.1) is 0 Å². The maximum atomic E-state index is 9.72. The van der Waals surface area contributed by atoms with E-state index < -0.39 is 11.7 Å². The lowest BCUT2D eigenvalue weighted by Crippen LogP contribution is -2.34. The van der Waals surface area contributed by atoms with Gasteiger partial charge in [0.05, 0.1) is 51.3 Å². The molecule has 3 aromatic carbocycles. The molecule has 0 bridgehead atoms. The molecule has 0 aliphatic rings. The minimum atomic E-state index is -0.743. The molecule has 0 heterocycles. The minimum Gasteiger partial charge on any atom is -0.391 e. The zero-order chi connectivity index (χ0) is 37.7. The van der Waals surface area contributed by atoms with Crippen molar-refractivity contribution in [2.24, 2.45) is 0 Å².